The Balaban J connectivity index is 1.17. The Morgan fingerprint density at radius 2 is 1.87 bits per heavy atom. The summed E-state index contributed by atoms with van der Waals surface area (Å²) in [5.74, 6) is 0.988. The van der Waals surface area contributed by atoms with Gasteiger partial charge in [-0.05, 0) is 41.0 Å². The number of fused-ring (bicyclic) bond motifs is 1. The maximum atomic E-state index is 12.5. The Morgan fingerprint density at radius 3 is 2.71 bits per heavy atom. The van der Waals surface area contributed by atoms with Gasteiger partial charge in [0.15, 0.2) is 11.5 Å². The number of ether oxygens (including phenoxy) is 2. The second kappa shape index (κ2) is 8.58. The molecule has 160 valence electrons. The van der Waals surface area contributed by atoms with Gasteiger partial charge in [-0.3, -0.25) is 4.79 Å². The molecule has 1 fully saturated rings. The van der Waals surface area contributed by atoms with E-state index in [1.807, 2.05) is 48.5 Å². The van der Waals surface area contributed by atoms with Crippen LogP contribution < -0.4 is 14.8 Å². The maximum Gasteiger partial charge on any atom is 0.251 e. The summed E-state index contributed by atoms with van der Waals surface area (Å²) in [6, 6.07) is 15.5. The standard InChI is InChI=1S/C22H23N5O3S/c28-20(15-31-21-24-25-26-27(21)14-16-7-3-1-4-8-16)23-17-9-10-18-19(13-17)30-22(29-18)11-5-2-6-12-22/h1,3-4,7-10,13H,2,5-6,11-12,14-15H2,(H,23,28). The van der Waals surface area contributed by atoms with Gasteiger partial charge in [-0.1, -0.05) is 48.5 Å². The van der Waals surface area contributed by atoms with Crippen LogP contribution in [0.4, 0.5) is 5.69 Å². The molecule has 2 aromatic carbocycles. The lowest BCUT2D eigenvalue weighted by Gasteiger charge is -2.31. The van der Waals surface area contributed by atoms with Gasteiger partial charge in [-0.15, -0.1) is 5.10 Å². The van der Waals surface area contributed by atoms with Crippen molar-refractivity contribution in [2.45, 2.75) is 49.6 Å². The fraction of sp³-hybridized carbons (Fsp3) is 0.364. The number of anilines is 1. The smallest absolute Gasteiger partial charge is 0.251 e. The predicted molar refractivity (Wildman–Crippen MR) is 116 cm³/mol. The molecule has 3 aromatic rings. The number of rotatable bonds is 6. The molecule has 31 heavy (non-hydrogen) atoms. The highest BCUT2D eigenvalue weighted by Crippen LogP contribution is 2.46. The quantitative estimate of drug-likeness (QED) is 0.585. The first-order chi connectivity index (χ1) is 15.2. The van der Waals surface area contributed by atoms with Crippen LogP contribution >= 0.6 is 11.8 Å². The number of benzene rings is 2. The van der Waals surface area contributed by atoms with Gasteiger partial charge in [0.2, 0.25) is 11.1 Å². The SMILES string of the molecule is O=C(CSc1nnnn1Cc1ccccc1)Nc1ccc2c(c1)OC1(CCCCC1)O2. The molecule has 1 saturated carbocycles. The third-order valence-electron chi connectivity index (χ3n) is 5.44. The molecule has 2 aliphatic rings. The lowest BCUT2D eigenvalue weighted by Crippen LogP contribution is -2.40. The van der Waals surface area contributed by atoms with E-state index < -0.39 is 5.79 Å². The molecule has 8 nitrogen and oxygen atoms in total. The van der Waals surface area contributed by atoms with Crippen LogP contribution in [0.25, 0.3) is 0 Å². The van der Waals surface area contributed by atoms with Crippen LogP contribution in [0.5, 0.6) is 11.5 Å². The first kappa shape index (κ1) is 19.9. The van der Waals surface area contributed by atoms with Crippen molar-refractivity contribution in [3.8, 4) is 11.5 Å². The number of carbonyl (C=O) groups is 1. The van der Waals surface area contributed by atoms with E-state index in [0.29, 0.717) is 23.1 Å². The normalized spacial score (nSPS) is 16.4. The van der Waals surface area contributed by atoms with E-state index in [2.05, 4.69) is 20.8 Å². The minimum absolute atomic E-state index is 0.134. The van der Waals surface area contributed by atoms with E-state index in [4.69, 9.17) is 9.47 Å². The van der Waals surface area contributed by atoms with E-state index >= 15 is 0 Å². The predicted octanol–water partition coefficient (Wildman–Crippen LogP) is 3.88. The molecular weight excluding hydrogens is 414 g/mol. The molecule has 1 amide bonds. The summed E-state index contributed by atoms with van der Waals surface area (Å²) in [5, 5.41) is 15.3. The van der Waals surface area contributed by atoms with Crippen LogP contribution in [0.3, 0.4) is 0 Å². The third-order valence-corrected chi connectivity index (χ3v) is 6.40. The number of carbonyl (C=O) groups excluding carboxylic acids is 1. The minimum Gasteiger partial charge on any atom is -0.448 e. The van der Waals surface area contributed by atoms with Crippen LogP contribution in [-0.2, 0) is 11.3 Å². The maximum absolute atomic E-state index is 12.5. The Labute approximate surface area is 184 Å². The number of hydrogen-bond donors (Lipinski definition) is 1. The van der Waals surface area contributed by atoms with Gasteiger partial charge in [0.25, 0.3) is 5.79 Å². The van der Waals surface area contributed by atoms with Crippen LogP contribution in [0.2, 0.25) is 0 Å². The molecule has 1 aliphatic heterocycles. The largest absolute Gasteiger partial charge is 0.448 e. The second-order valence-corrected chi connectivity index (χ2v) is 8.72. The van der Waals surface area contributed by atoms with Gasteiger partial charge in [-0.25, -0.2) is 4.68 Å². The van der Waals surface area contributed by atoms with E-state index in [-0.39, 0.29) is 11.7 Å². The van der Waals surface area contributed by atoms with Crippen molar-refractivity contribution in [3.05, 3.63) is 54.1 Å². The van der Waals surface area contributed by atoms with Crippen molar-refractivity contribution in [1.82, 2.24) is 20.2 Å². The van der Waals surface area contributed by atoms with Gasteiger partial charge in [0.1, 0.15) is 0 Å². The first-order valence-electron chi connectivity index (χ1n) is 10.4. The van der Waals surface area contributed by atoms with Crippen LogP contribution in [0.15, 0.2) is 53.7 Å². The topological polar surface area (TPSA) is 91.2 Å². The zero-order chi connectivity index (χ0) is 21.1. The van der Waals surface area contributed by atoms with Gasteiger partial charge in [0, 0.05) is 24.6 Å². The van der Waals surface area contributed by atoms with Crippen molar-refractivity contribution >= 4 is 23.4 Å². The van der Waals surface area contributed by atoms with Crippen LogP contribution in [-0.4, -0.2) is 37.7 Å². The molecule has 1 aromatic heterocycles. The second-order valence-electron chi connectivity index (χ2n) is 7.78. The zero-order valence-electron chi connectivity index (χ0n) is 17.0. The zero-order valence-corrected chi connectivity index (χ0v) is 17.8. The molecule has 1 spiro atoms. The number of nitrogens with one attached hydrogen (secondary N) is 1. The van der Waals surface area contributed by atoms with Gasteiger partial charge in [0.05, 0.1) is 12.3 Å². The van der Waals surface area contributed by atoms with E-state index in [1.54, 1.807) is 4.68 Å². The molecule has 2 heterocycles. The number of thioether (sulfide) groups is 1. The van der Waals surface area contributed by atoms with Crippen molar-refractivity contribution < 1.29 is 14.3 Å². The van der Waals surface area contributed by atoms with Gasteiger partial charge >= 0.3 is 0 Å². The monoisotopic (exact) mass is 437 g/mol. The first-order valence-corrected chi connectivity index (χ1v) is 11.4. The molecule has 0 unspecified atom stereocenters. The summed E-state index contributed by atoms with van der Waals surface area (Å²) in [5.41, 5.74) is 1.78. The van der Waals surface area contributed by atoms with Gasteiger partial charge < -0.3 is 14.8 Å². The van der Waals surface area contributed by atoms with E-state index in [9.17, 15) is 4.79 Å². The number of tetrazole rings is 1. The summed E-state index contributed by atoms with van der Waals surface area (Å²) in [7, 11) is 0. The summed E-state index contributed by atoms with van der Waals surface area (Å²) in [6.45, 7) is 0.557. The molecule has 1 N–H and O–H groups in total. The molecule has 1 aliphatic carbocycles. The van der Waals surface area contributed by atoms with Crippen LogP contribution in [0, 0.1) is 0 Å². The molecular formula is C22H23N5O3S. The van der Waals surface area contributed by atoms with E-state index in [0.717, 1.165) is 37.0 Å². The Bertz CT molecular complexity index is 1070. The Kier molecular flexibility index (Phi) is 5.50. The fourth-order valence-corrected chi connectivity index (χ4v) is 4.63. The minimum atomic E-state index is -0.519. The Morgan fingerprint density at radius 1 is 1.06 bits per heavy atom. The summed E-state index contributed by atoms with van der Waals surface area (Å²) in [4.78, 5) is 12.5. The number of nitrogens with zero attached hydrogens (tertiary/aromatic N) is 4. The summed E-state index contributed by atoms with van der Waals surface area (Å²) >= 11 is 1.30. The van der Waals surface area contributed by atoms with E-state index in [1.165, 1.54) is 18.2 Å². The summed E-state index contributed by atoms with van der Waals surface area (Å²) < 4.78 is 13.9. The lowest BCUT2D eigenvalue weighted by atomic mass is 9.94. The van der Waals surface area contributed by atoms with Gasteiger partial charge in [-0.2, -0.15) is 0 Å². The highest BCUT2D eigenvalue weighted by Gasteiger charge is 2.42. The number of amides is 1. The van der Waals surface area contributed by atoms with Crippen molar-refractivity contribution in [2.24, 2.45) is 0 Å². The lowest BCUT2D eigenvalue weighted by molar-refractivity contribution is -0.113. The molecule has 5 rings (SSSR count). The molecule has 9 heteroatoms. The highest BCUT2D eigenvalue weighted by atomic mass is 32.2. The highest BCUT2D eigenvalue weighted by molar-refractivity contribution is 7.99. The van der Waals surface area contributed by atoms with Crippen molar-refractivity contribution in [2.75, 3.05) is 11.1 Å². The molecule has 0 saturated heterocycles. The number of hydrogen-bond acceptors (Lipinski definition) is 7. The average Bonchev–Trinajstić information content (AvgIpc) is 3.37. The van der Waals surface area contributed by atoms with Crippen LogP contribution in [0.1, 0.15) is 37.7 Å². The fourth-order valence-electron chi connectivity index (χ4n) is 3.95. The third kappa shape index (κ3) is 4.51. The molecule has 0 bridgehead atoms. The van der Waals surface area contributed by atoms with Crippen molar-refractivity contribution in [1.29, 1.82) is 0 Å². The summed E-state index contributed by atoms with van der Waals surface area (Å²) in [6.07, 6.45) is 5.24. The number of aromatic nitrogens is 4. The Hall–Kier alpha value is -3.07. The average molecular weight is 438 g/mol. The molecule has 0 radical (unpaired) electrons. The van der Waals surface area contributed by atoms with Crippen molar-refractivity contribution in [3.63, 3.8) is 0 Å². The molecule has 0 atom stereocenters.